The highest BCUT2D eigenvalue weighted by Gasteiger charge is 2.55. The van der Waals surface area contributed by atoms with Gasteiger partial charge in [-0.1, -0.05) is 58.4 Å². The number of allylic oxidation sites excluding steroid dienone is 2. The number of ketones is 1. The number of aliphatic carboxylic acids is 1. The number of carboxylic acid groups (broad SMARTS) is 1. The van der Waals surface area contributed by atoms with E-state index in [1.807, 2.05) is 27.7 Å². The van der Waals surface area contributed by atoms with Crippen LogP contribution in [0.1, 0.15) is 120 Å². The number of ether oxygens (including phenoxy) is 2. The lowest BCUT2D eigenvalue weighted by Crippen LogP contribution is -2.55. The van der Waals surface area contributed by atoms with Crippen LogP contribution in [0.2, 0.25) is 0 Å². The average Bonchev–Trinajstić information content (AvgIpc) is 3.31. The molecule has 0 bridgehead atoms. The molecule has 0 aromatic rings. The molecule has 4 unspecified atom stereocenters. The van der Waals surface area contributed by atoms with Crippen LogP contribution in [0, 0.1) is 23.7 Å². The Labute approximate surface area is 252 Å². The summed E-state index contributed by atoms with van der Waals surface area (Å²) in [5, 5.41) is 44.2. The van der Waals surface area contributed by atoms with E-state index in [1.54, 1.807) is 13.8 Å². The summed E-state index contributed by atoms with van der Waals surface area (Å²) in [5.74, 6) is -2.69. The molecule has 0 radical (unpaired) electrons. The Morgan fingerprint density at radius 3 is 2.33 bits per heavy atom. The van der Waals surface area contributed by atoms with Crippen LogP contribution in [0.3, 0.4) is 0 Å². The monoisotopic (exact) mass is 591 g/mol. The SMILES string of the molecule is CC[C@@H](C(=O)C(C)[C@@H](O)[C@H](C)CCC1=C(C(=O)O)C([O-])=C(C)CC1)C1OC(CC)(C2CC[C@](O)(CC)[C@H](C)O2)C[C@@H]1C. The van der Waals surface area contributed by atoms with Crippen molar-refractivity contribution in [2.45, 2.75) is 155 Å². The van der Waals surface area contributed by atoms with Crippen molar-refractivity contribution in [1.29, 1.82) is 0 Å². The molecule has 3 aliphatic rings. The van der Waals surface area contributed by atoms with Gasteiger partial charge in [-0.15, -0.1) is 0 Å². The van der Waals surface area contributed by atoms with Gasteiger partial charge < -0.3 is 29.9 Å². The third kappa shape index (κ3) is 6.82. The van der Waals surface area contributed by atoms with Crippen molar-refractivity contribution in [3.05, 3.63) is 22.5 Å². The van der Waals surface area contributed by atoms with Gasteiger partial charge in [-0.25, -0.2) is 4.79 Å². The second-order valence-corrected chi connectivity index (χ2v) is 13.6. The maximum atomic E-state index is 13.9. The van der Waals surface area contributed by atoms with Gasteiger partial charge in [0.15, 0.2) is 0 Å². The van der Waals surface area contributed by atoms with Crippen LogP contribution in [0.5, 0.6) is 0 Å². The molecule has 0 spiro atoms. The van der Waals surface area contributed by atoms with Crippen molar-refractivity contribution in [3.8, 4) is 0 Å². The predicted molar refractivity (Wildman–Crippen MR) is 159 cm³/mol. The van der Waals surface area contributed by atoms with Crippen molar-refractivity contribution in [1.82, 2.24) is 0 Å². The summed E-state index contributed by atoms with van der Waals surface area (Å²) in [6.07, 6.45) is 4.51. The summed E-state index contributed by atoms with van der Waals surface area (Å²) in [4.78, 5) is 25.7. The average molecular weight is 592 g/mol. The van der Waals surface area contributed by atoms with Gasteiger partial charge in [0.1, 0.15) is 5.78 Å². The van der Waals surface area contributed by atoms with Crippen molar-refractivity contribution >= 4 is 11.8 Å². The van der Waals surface area contributed by atoms with Crippen molar-refractivity contribution < 1.29 is 39.5 Å². The molecule has 0 aromatic carbocycles. The lowest BCUT2D eigenvalue weighted by Gasteiger charge is -2.47. The van der Waals surface area contributed by atoms with E-state index >= 15 is 0 Å². The zero-order valence-corrected chi connectivity index (χ0v) is 27.1. The van der Waals surface area contributed by atoms with Crippen LogP contribution in [0.25, 0.3) is 0 Å². The second-order valence-electron chi connectivity index (χ2n) is 13.6. The number of carboxylic acids is 1. The van der Waals surface area contributed by atoms with Crippen molar-refractivity contribution in [3.63, 3.8) is 0 Å². The molecule has 240 valence electrons. The van der Waals surface area contributed by atoms with E-state index in [0.717, 1.165) is 12.8 Å². The summed E-state index contributed by atoms with van der Waals surface area (Å²) in [6.45, 7) is 15.5. The fourth-order valence-corrected chi connectivity index (χ4v) is 7.73. The lowest BCUT2D eigenvalue weighted by atomic mass is 9.76. The molecule has 3 rings (SSSR count). The van der Waals surface area contributed by atoms with Crippen molar-refractivity contribution in [2.75, 3.05) is 0 Å². The summed E-state index contributed by atoms with van der Waals surface area (Å²) >= 11 is 0. The van der Waals surface area contributed by atoms with Crippen LogP contribution in [-0.2, 0) is 19.1 Å². The first-order valence-corrected chi connectivity index (χ1v) is 16.3. The Morgan fingerprint density at radius 2 is 1.79 bits per heavy atom. The van der Waals surface area contributed by atoms with Gasteiger partial charge in [-0.2, -0.15) is 0 Å². The first-order valence-electron chi connectivity index (χ1n) is 16.3. The largest absolute Gasteiger partial charge is 0.872 e. The van der Waals surface area contributed by atoms with Crippen LogP contribution in [-0.4, -0.2) is 62.7 Å². The van der Waals surface area contributed by atoms with Gasteiger partial charge in [-0.05, 0) is 89.9 Å². The molecule has 2 aliphatic heterocycles. The topological polar surface area (TPSA) is 136 Å². The molecule has 8 heteroatoms. The third-order valence-electron chi connectivity index (χ3n) is 11.0. The molecular weight excluding hydrogens is 536 g/mol. The van der Waals surface area contributed by atoms with E-state index in [9.17, 15) is 30.0 Å². The Balaban J connectivity index is 1.69. The Morgan fingerprint density at radius 1 is 1.12 bits per heavy atom. The van der Waals surface area contributed by atoms with Gasteiger partial charge in [0.05, 0.1) is 41.2 Å². The Kier molecular flexibility index (Phi) is 11.5. The number of aliphatic hydroxyl groups excluding tert-OH is 1. The first-order chi connectivity index (χ1) is 19.7. The molecule has 1 aliphatic carbocycles. The number of hydrogen-bond acceptors (Lipinski definition) is 7. The van der Waals surface area contributed by atoms with Crippen LogP contribution >= 0.6 is 0 Å². The fraction of sp³-hybridized carbons (Fsp3) is 0.824. The molecule has 2 heterocycles. The van der Waals surface area contributed by atoms with E-state index in [0.29, 0.717) is 62.5 Å². The van der Waals surface area contributed by atoms with E-state index < -0.39 is 35.0 Å². The molecule has 2 saturated heterocycles. The van der Waals surface area contributed by atoms with E-state index in [4.69, 9.17) is 9.47 Å². The molecule has 10 atom stereocenters. The quantitative estimate of drug-likeness (QED) is 0.270. The van der Waals surface area contributed by atoms with Gasteiger partial charge in [0.2, 0.25) is 0 Å². The second kappa shape index (κ2) is 13.9. The minimum Gasteiger partial charge on any atom is -0.872 e. The molecule has 0 saturated carbocycles. The normalized spacial score (nSPS) is 35.2. The van der Waals surface area contributed by atoms with Crippen molar-refractivity contribution in [2.24, 2.45) is 23.7 Å². The summed E-state index contributed by atoms with van der Waals surface area (Å²) in [5.41, 5.74) is -0.272. The zero-order chi connectivity index (χ0) is 31.6. The van der Waals surface area contributed by atoms with Crippen LogP contribution < -0.4 is 5.11 Å². The number of rotatable bonds is 13. The van der Waals surface area contributed by atoms with Crippen LogP contribution in [0.4, 0.5) is 0 Å². The van der Waals surface area contributed by atoms with Gasteiger partial charge in [0, 0.05) is 11.8 Å². The van der Waals surface area contributed by atoms with E-state index in [2.05, 4.69) is 13.8 Å². The number of carbonyl (C=O) groups excluding carboxylic acids is 1. The predicted octanol–water partition coefficient (Wildman–Crippen LogP) is 5.09. The standard InChI is InChI=1S/C34H56O8/c1-9-25(31-21(6)18-34(11-3,42-31)26-16-17-33(40,10-2)23(8)41-26)30(37)22(7)28(35)19(4)12-14-24-15-13-20(5)29(36)27(24)32(38)39/h19,21-23,25-26,28,31,35-36,40H,9-18H2,1-8H3,(H,38,39)/p-1/t19-,21+,22?,23+,25+,26?,28+,31?,33-,34?/m1/s1. The first kappa shape index (κ1) is 34.7. The highest BCUT2D eigenvalue weighted by molar-refractivity contribution is 5.92. The number of aliphatic hydroxyl groups is 2. The molecule has 2 fully saturated rings. The maximum absolute atomic E-state index is 13.9. The Bertz CT molecular complexity index is 1050. The minimum atomic E-state index is -1.19. The highest BCUT2D eigenvalue weighted by atomic mass is 16.6. The molecule has 0 amide bonds. The Hall–Kier alpha value is -1.74. The summed E-state index contributed by atoms with van der Waals surface area (Å²) in [6, 6.07) is 0. The number of carbonyl (C=O) groups is 2. The van der Waals surface area contributed by atoms with Gasteiger partial charge in [-0.3, -0.25) is 4.79 Å². The van der Waals surface area contributed by atoms with Gasteiger partial charge >= 0.3 is 5.97 Å². The summed E-state index contributed by atoms with van der Waals surface area (Å²) in [7, 11) is 0. The van der Waals surface area contributed by atoms with E-state index in [-0.39, 0.29) is 47.4 Å². The highest BCUT2D eigenvalue weighted by Crippen LogP contribution is 2.48. The zero-order valence-electron chi connectivity index (χ0n) is 27.1. The minimum absolute atomic E-state index is 0.0117. The molecule has 42 heavy (non-hydrogen) atoms. The molecule has 0 aromatic heterocycles. The summed E-state index contributed by atoms with van der Waals surface area (Å²) < 4.78 is 13.2. The maximum Gasteiger partial charge on any atom is 0.335 e. The van der Waals surface area contributed by atoms with Crippen LogP contribution in [0.15, 0.2) is 22.5 Å². The third-order valence-corrected chi connectivity index (χ3v) is 11.0. The molecule has 8 nitrogen and oxygen atoms in total. The number of Topliss-reactive ketones (excluding diaryl/α,β-unsaturated/α-hetero) is 1. The smallest absolute Gasteiger partial charge is 0.335 e. The molecular formula is C34H55O8-. The molecule has 3 N–H and O–H groups in total. The number of hydrogen-bond donors (Lipinski definition) is 3. The van der Waals surface area contributed by atoms with Gasteiger partial charge in [0.25, 0.3) is 0 Å². The lowest BCUT2D eigenvalue weighted by molar-refractivity contribution is -0.299. The fourth-order valence-electron chi connectivity index (χ4n) is 7.73. The van der Waals surface area contributed by atoms with E-state index in [1.165, 1.54) is 0 Å².